The molecule has 7 heteroatoms. The summed E-state index contributed by atoms with van der Waals surface area (Å²) in [5.41, 5.74) is 7.59. The Hall–Kier alpha value is -2.34. The van der Waals surface area contributed by atoms with Crippen LogP contribution in [0.1, 0.15) is 6.92 Å². The molecule has 0 unspecified atom stereocenters. The Balaban J connectivity index is 2.38. The third kappa shape index (κ3) is 2.35. The Bertz CT molecular complexity index is 939. The molecule has 0 fully saturated rings. The number of hydrogen-bond donors (Lipinski definition) is 1. The van der Waals surface area contributed by atoms with Gasteiger partial charge in [0, 0.05) is 34.3 Å². The lowest BCUT2D eigenvalue weighted by Crippen LogP contribution is -2.22. The standard InChI is InChI=1S/C15H12BClN4O/c1-2-21-13-8(7-19-15(18)20-13)5-11(14(21)22)10-4-3-9(16)6-12(10)17/h3-7H,2H2,1H3,(H2,18,19,20). The van der Waals surface area contributed by atoms with Crippen molar-refractivity contribution in [1.82, 2.24) is 14.5 Å². The van der Waals surface area contributed by atoms with Gasteiger partial charge in [-0.25, -0.2) is 4.98 Å². The van der Waals surface area contributed by atoms with E-state index >= 15 is 0 Å². The number of aryl methyl sites for hydroxylation is 1. The van der Waals surface area contributed by atoms with E-state index < -0.39 is 0 Å². The molecular formula is C15H12BClN4O. The van der Waals surface area contributed by atoms with E-state index in [1.807, 2.05) is 6.92 Å². The predicted molar refractivity (Wildman–Crippen MR) is 89.7 cm³/mol. The van der Waals surface area contributed by atoms with Crippen LogP contribution in [0, 0.1) is 0 Å². The van der Waals surface area contributed by atoms with E-state index in [1.54, 1.807) is 35.0 Å². The molecule has 3 rings (SSSR count). The lowest BCUT2D eigenvalue weighted by atomic mass is 9.93. The number of pyridine rings is 1. The van der Waals surface area contributed by atoms with Crippen molar-refractivity contribution >= 4 is 41.9 Å². The largest absolute Gasteiger partial charge is 0.368 e. The number of rotatable bonds is 2. The van der Waals surface area contributed by atoms with Gasteiger partial charge in [0.25, 0.3) is 5.56 Å². The van der Waals surface area contributed by atoms with E-state index in [0.29, 0.717) is 33.8 Å². The molecule has 108 valence electrons. The summed E-state index contributed by atoms with van der Waals surface area (Å²) in [7, 11) is 5.71. The Morgan fingerprint density at radius 1 is 1.32 bits per heavy atom. The molecule has 0 aliphatic rings. The molecule has 2 radical (unpaired) electrons. The number of benzene rings is 1. The van der Waals surface area contributed by atoms with E-state index in [1.165, 1.54) is 0 Å². The molecule has 0 bridgehead atoms. The van der Waals surface area contributed by atoms with Crippen LogP contribution in [0.15, 0.2) is 35.3 Å². The van der Waals surface area contributed by atoms with Crippen molar-refractivity contribution in [2.24, 2.45) is 0 Å². The molecule has 0 spiro atoms. The molecule has 5 nitrogen and oxygen atoms in total. The maximum Gasteiger partial charge on any atom is 0.260 e. The molecule has 22 heavy (non-hydrogen) atoms. The third-order valence-electron chi connectivity index (χ3n) is 3.45. The van der Waals surface area contributed by atoms with Crippen LogP contribution in [0.3, 0.4) is 0 Å². The summed E-state index contributed by atoms with van der Waals surface area (Å²) in [6.07, 6.45) is 1.60. The Morgan fingerprint density at radius 3 is 2.77 bits per heavy atom. The van der Waals surface area contributed by atoms with Gasteiger partial charge in [-0.2, -0.15) is 4.98 Å². The Labute approximate surface area is 133 Å². The van der Waals surface area contributed by atoms with Crippen molar-refractivity contribution in [1.29, 1.82) is 0 Å². The maximum absolute atomic E-state index is 12.7. The first kappa shape index (κ1) is 14.6. The van der Waals surface area contributed by atoms with Gasteiger partial charge in [-0.15, -0.1) is 0 Å². The number of nitrogens with two attached hydrogens (primary N) is 1. The molecule has 2 heterocycles. The van der Waals surface area contributed by atoms with Crippen LogP contribution in [0.25, 0.3) is 22.2 Å². The first-order chi connectivity index (χ1) is 10.5. The summed E-state index contributed by atoms with van der Waals surface area (Å²) < 4.78 is 1.55. The van der Waals surface area contributed by atoms with E-state index in [9.17, 15) is 4.79 Å². The molecular weight excluding hydrogens is 298 g/mol. The number of anilines is 1. The van der Waals surface area contributed by atoms with Gasteiger partial charge in [0.15, 0.2) is 0 Å². The fourth-order valence-electron chi connectivity index (χ4n) is 2.41. The van der Waals surface area contributed by atoms with E-state index in [2.05, 4.69) is 9.97 Å². The van der Waals surface area contributed by atoms with Gasteiger partial charge in [0.1, 0.15) is 13.5 Å². The lowest BCUT2D eigenvalue weighted by molar-refractivity contribution is 0.751. The van der Waals surface area contributed by atoms with Crippen LogP contribution in [-0.4, -0.2) is 22.4 Å². The van der Waals surface area contributed by atoms with Crippen molar-refractivity contribution in [3.8, 4) is 11.1 Å². The van der Waals surface area contributed by atoms with Crippen molar-refractivity contribution in [2.75, 3.05) is 5.73 Å². The number of aromatic nitrogens is 3. The second-order valence-corrected chi connectivity index (χ2v) is 5.26. The molecule has 3 aromatic rings. The van der Waals surface area contributed by atoms with Crippen molar-refractivity contribution in [3.05, 3.63) is 45.8 Å². The molecule has 0 atom stereocenters. The molecule has 0 amide bonds. The summed E-state index contributed by atoms with van der Waals surface area (Å²) in [6.45, 7) is 2.33. The highest BCUT2D eigenvalue weighted by atomic mass is 35.5. The molecule has 2 N–H and O–H groups in total. The quantitative estimate of drug-likeness (QED) is 0.728. The fraction of sp³-hybridized carbons (Fsp3) is 0.133. The Kier molecular flexibility index (Phi) is 3.62. The van der Waals surface area contributed by atoms with E-state index in [4.69, 9.17) is 25.2 Å². The summed E-state index contributed by atoms with van der Waals surface area (Å²) >= 11 is 6.23. The highest BCUT2D eigenvalue weighted by molar-refractivity contribution is 6.37. The number of halogens is 1. The van der Waals surface area contributed by atoms with Crippen molar-refractivity contribution in [2.45, 2.75) is 13.5 Å². The normalized spacial score (nSPS) is 11.0. The number of hydrogen-bond acceptors (Lipinski definition) is 4. The summed E-state index contributed by atoms with van der Waals surface area (Å²) in [5, 5.41) is 1.15. The average Bonchev–Trinajstić information content (AvgIpc) is 2.47. The van der Waals surface area contributed by atoms with Crippen LogP contribution in [0.2, 0.25) is 5.02 Å². The van der Waals surface area contributed by atoms with Crippen LogP contribution in [0.5, 0.6) is 0 Å². The summed E-state index contributed by atoms with van der Waals surface area (Å²) in [4.78, 5) is 20.9. The van der Waals surface area contributed by atoms with Gasteiger partial charge >= 0.3 is 0 Å². The SMILES string of the molecule is [B]c1ccc(-c2cc3cnc(N)nc3n(CC)c2=O)c(Cl)c1. The highest BCUT2D eigenvalue weighted by Gasteiger charge is 2.14. The first-order valence-electron chi connectivity index (χ1n) is 6.72. The number of fused-ring (bicyclic) bond motifs is 1. The first-order valence-corrected chi connectivity index (χ1v) is 7.10. The Morgan fingerprint density at radius 2 is 2.09 bits per heavy atom. The molecule has 0 aliphatic carbocycles. The fourth-order valence-corrected chi connectivity index (χ4v) is 2.70. The predicted octanol–water partition coefficient (Wildman–Crippen LogP) is 1.51. The molecule has 2 aromatic heterocycles. The van der Waals surface area contributed by atoms with Crippen LogP contribution in [-0.2, 0) is 6.54 Å². The van der Waals surface area contributed by atoms with Gasteiger partial charge in [-0.3, -0.25) is 9.36 Å². The second kappa shape index (κ2) is 5.46. The molecule has 0 saturated carbocycles. The zero-order chi connectivity index (χ0) is 15.9. The number of nitrogens with zero attached hydrogens (tertiary/aromatic N) is 3. The topological polar surface area (TPSA) is 73.8 Å². The average molecular weight is 311 g/mol. The zero-order valence-corrected chi connectivity index (χ0v) is 12.6. The molecule has 1 aromatic carbocycles. The zero-order valence-electron chi connectivity index (χ0n) is 11.9. The van der Waals surface area contributed by atoms with Crippen molar-refractivity contribution < 1.29 is 0 Å². The monoisotopic (exact) mass is 310 g/mol. The van der Waals surface area contributed by atoms with Crippen molar-refractivity contribution in [3.63, 3.8) is 0 Å². The van der Waals surface area contributed by atoms with Gasteiger partial charge in [-0.1, -0.05) is 29.2 Å². The van der Waals surface area contributed by atoms with Gasteiger partial charge < -0.3 is 5.73 Å². The van der Waals surface area contributed by atoms with Crippen LogP contribution >= 0.6 is 11.6 Å². The summed E-state index contributed by atoms with van der Waals surface area (Å²) in [5.74, 6) is 0.132. The molecule has 0 saturated heterocycles. The number of nitrogen functional groups attached to an aromatic ring is 1. The highest BCUT2D eigenvalue weighted by Crippen LogP contribution is 2.26. The second-order valence-electron chi connectivity index (χ2n) is 4.85. The minimum atomic E-state index is -0.181. The van der Waals surface area contributed by atoms with Gasteiger partial charge in [0.2, 0.25) is 5.95 Å². The van der Waals surface area contributed by atoms with E-state index in [-0.39, 0.29) is 11.5 Å². The molecule has 0 aliphatic heterocycles. The smallest absolute Gasteiger partial charge is 0.260 e. The van der Waals surface area contributed by atoms with Gasteiger partial charge in [-0.05, 0) is 19.1 Å². The van der Waals surface area contributed by atoms with Gasteiger partial charge in [0.05, 0.1) is 0 Å². The van der Waals surface area contributed by atoms with E-state index in [0.717, 1.165) is 5.39 Å². The van der Waals surface area contributed by atoms with Crippen LogP contribution < -0.4 is 16.8 Å². The maximum atomic E-state index is 12.7. The van der Waals surface area contributed by atoms with Crippen LogP contribution in [0.4, 0.5) is 5.95 Å². The lowest BCUT2D eigenvalue weighted by Gasteiger charge is -2.12. The summed E-state index contributed by atoms with van der Waals surface area (Å²) in [6, 6.07) is 6.79. The minimum absolute atomic E-state index is 0.132. The third-order valence-corrected chi connectivity index (χ3v) is 3.76. The minimum Gasteiger partial charge on any atom is -0.368 e.